The van der Waals surface area contributed by atoms with Gasteiger partial charge in [-0.2, -0.15) is 0 Å². The molecule has 1 heterocycles. The normalized spacial score (nSPS) is 16.6. The van der Waals surface area contributed by atoms with Gasteiger partial charge in [-0.15, -0.1) is 0 Å². The predicted octanol–water partition coefficient (Wildman–Crippen LogP) is 3.41. The van der Waals surface area contributed by atoms with Gasteiger partial charge < -0.3 is 14.8 Å². The Bertz CT molecular complexity index is 595. The molecule has 3 nitrogen and oxygen atoms in total. The monoisotopic (exact) mass is 255 g/mol. The molecule has 0 bridgehead atoms. The summed E-state index contributed by atoms with van der Waals surface area (Å²) in [6, 6.07) is 14.5. The number of rotatable bonds is 3. The summed E-state index contributed by atoms with van der Waals surface area (Å²) in [6.07, 6.45) is 0.916. The summed E-state index contributed by atoms with van der Waals surface area (Å²) in [5.74, 6) is 1.87. The van der Waals surface area contributed by atoms with Gasteiger partial charge in [0.05, 0.1) is 20.3 Å². The third-order valence-corrected chi connectivity index (χ3v) is 3.61. The summed E-state index contributed by atoms with van der Waals surface area (Å²) in [5.41, 5.74) is 3.57. The van der Waals surface area contributed by atoms with Crippen LogP contribution >= 0.6 is 0 Å². The second-order valence-corrected chi connectivity index (χ2v) is 4.63. The van der Waals surface area contributed by atoms with E-state index in [9.17, 15) is 0 Å². The average Bonchev–Trinajstić information content (AvgIpc) is 2.90. The molecule has 19 heavy (non-hydrogen) atoms. The third kappa shape index (κ3) is 2.01. The molecule has 1 N–H and O–H groups in total. The standard InChI is InChI=1S/C16H17NO2/c1-18-15-8-4-3-6-11(15)14-10-12-13(17-14)7-5-9-16(12)19-2/h3-9,14,17H,10H2,1-2H3. The van der Waals surface area contributed by atoms with Crippen LogP contribution in [0.4, 0.5) is 5.69 Å². The fourth-order valence-corrected chi connectivity index (χ4v) is 2.69. The molecule has 2 aromatic carbocycles. The number of benzene rings is 2. The van der Waals surface area contributed by atoms with Crippen molar-refractivity contribution in [3.8, 4) is 11.5 Å². The molecule has 0 saturated carbocycles. The predicted molar refractivity (Wildman–Crippen MR) is 76.1 cm³/mol. The molecule has 0 saturated heterocycles. The van der Waals surface area contributed by atoms with Crippen LogP contribution in [0.3, 0.4) is 0 Å². The van der Waals surface area contributed by atoms with Crippen LogP contribution in [0, 0.1) is 0 Å². The molecule has 3 heteroatoms. The molecule has 1 aliphatic heterocycles. The van der Waals surface area contributed by atoms with Crippen LogP contribution < -0.4 is 14.8 Å². The lowest BCUT2D eigenvalue weighted by molar-refractivity contribution is 0.404. The van der Waals surface area contributed by atoms with Crippen molar-refractivity contribution in [1.82, 2.24) is 0 Å². The fraction of sp³-hybridized carbons (Fsp3) is 0.250. The van der Waals surface area contributed by atoms with Crippen LogP contribution in [-0.4, -0.2) is 14.2 Å². The van der Waals surface area contributed by atoms with Crippen LogP contribution in [0.15, 0.2) is 42.5 Å². The maximum Gasteiger partial charge on any atom is 0.124 e. The van der Waals surface area contributed by atoms with Gasteiger partial charge in [-0.1, -0.05) is 24.3 Å². The highest BCUT2D eigenvalue weighted by Gasteiger charge is 2.26. The van der Waals surface area contributed by atoms with Crippen molar-refractivity contribution in [3.05, 3.63) is 53.6 Å². The van der Waals surface area contributed by atoms with Crippen molar-refractivity contribution in [1.29, 1.82) is 0 Å². The minimum atomic E-state index is 0.238. The first-order valence-electron chi connectivity index (χ1n) is 6.39. The summed E-state index contributed by atoms with van der Waals surface area (Å²) in [6.45, 7) is 0. The summed E-state index contributed by atoms with van der Waals surface area (Å²) in [4.78, 5) is 0. The molecule has 0 fully saturated rings. The van der Waals surface area contributed by atoms with Crippen molar-refractivity contribution in [3.63, 3.8) is 0 Å². The molecule has 1 unspecified atom stereocenters. The van der Waals surface area contributed by atoms with Gasteiger partial charge in [0.1, 0.15) is 11.5 Å². The van der Waals surface area contributed by atoms with E-state index in [0.29, 0.717) is 0 Å². The van der Waals surface area contributed by atoms with Crippen LogP contribution in [0.1, 0.15) is 17.2 Å². The maximum absolute atomic E-state index is 5.44. The molecular formula is C16H17NO2. The van der Waals surface area contributed by atoms with Crippen molar-refractivity contribution >= 4 is 5.69 Å². The Labute approximate surface area is 113 Å². The first-order chi connectivity index (χ1) is 9.33. The van der Waals surface area contributed by atoms with E-state index in [2.05, 4.69) is 17.4 Å². The van der Waals surface area contributed by atoms with Gasteiger partial charge >= 0.3 is 0 Å². The minimum Gasteiger partial charge on any atom is -0.496 e. The number of methoxy groups -OCH3 is 2. The average molecular weight is 255 g/mol. The SMILES string of the molecule is COc1ccccc1C1Cc2c(cccc2OC)N1. The molecule has 0 aliphatic carbocycles. The van der Waals surface area contributed by atoms with E-state index in [1.165, 1.54) is 11.1 Å². The van der Waals surface area contributed by atoms with Gasteiger partial charge in [0, 0.05) is 23.2 Å². The van der Waals surface area contributed by atoms with E-state index in [1.54, 1.807) is 14.2 Å². The zero-order chi connectivity index (χ0) is 13.2. The van der Waals surface area contributed by atoms with Crippen molar-refractivity contribution in [2.45, 2.75) is 12.5 Å². The second-order valence-electron chi connectivity index (χ2n) is 4.63. The van der Waals surface area contributed by atoms with Gasteiger partial charge in [0.25, 0.3) is 0 Å². The van der Waals surface area contributed by atoms with Crippen LogP contribution in [0.25, 0.3) is 0 Å². The number of hydrogen-bond acceptors (Lipinski definition) is 3. The molecule has 1 atom stereocenters. The number of para-hydroxylation sites is 1. The number of ether oxygens (including phenoxy) is 2. The Morgan fingerprint density at radius 2 is 1.68 bits per heavy atom. The number of hydrogen-bond donors (Lipinski definition) is 1. The van der Waals surface area contributed by atoms with E-state index in [-0.39, 0.29) is 6.04 Å². The van der Waals surface area contributed by atoms with Crippen LogP contribution in [-0.2, 0) is 6.42 Å². The van der Waals surface area contributed by atoms with Gasteiger partial charge in [-0.05, 0) is 18.2 Å². The zero-order valence-electron chi connectivity index (χ0n) is 11.1. The molecular weight excluding hydrogens is 238 g/mol. The van der Waals surface area contributed by atoms with Crippen molar-refractivity contribution in [2.24, 2.45) is 0 Å². The quantitative estimate of drug-likeness (QED) is 0.911. The van der Waals surface area contributed by atoms with E-state index < -0.39 is 0 Å². The van der Waals surface area contributed by atoms with Gasteiger partial charge in [-0.25, -0.2) is 0 Å². The molecule has 0 radical (unpaired) electrons. The fourth-order valence-electron chi connectivity index (χ4n) is 2.69. The Morgan fingerprint density at radius 3 is 2.47 bits per heavy atom. The maximum atomic E-state index is 5.44. The van der Waals surface area contributed by atoms with Crippen molar-refractivity contribution < 1.29 is 9.47 Å². The second kappa shape index (κ2) is 4.84. The molecule has 1 aliphatic rings. The van der Waals surface area contributed by atoms with E-state index >= 15 is 0 Å². The molecule has 3 rings (SSSR count). The van der Waals surface area contributed by atoms with Gasteiger partial charge in [0.2, 0.25) is 0 Å². The lowest BCUT2D eigenvalue weighted by Crippen LogP contribution is -2.07. The number of nitrogens with one attached hydrogen (secondary N) is 1. The smallest absolute Gasteiger partial charge is 0.124 e. The Balaban J connectivity index is 1.95. The molecule has 0 spiro atoms. The Kier molecular flexibility index (Phi) is 3.03. The third-order valence-electron chi connectivity index (χ3n) is 3.61. The highest BCUT2D eigenvalue weighted by atomic mass is 16.5. The molecule has 98 valence electrons. The summed E-state index contributed by atoms with van der Waals surface area (Å²) >= 11 is 0. The number of anilines is 1. The van der Waals surface area contributed by atoms with Crippen molar-refractivity contribution in [2.75, 3.05) is 19.5 Å². The van der Waals surface area contributed by atoms with Crippen LogP contribution in [0.5, 0.6) is 11.5 Å². The van der Waals surface area contributed by atoms with E-state index in [0.717, 1.165) is 23.6 Å². The van der Waals surface area contributed by atoms with Crippen LogP contribution in [0.2, 0.25) is 0 Å². The Morgan fingerprint density at radius 1 is 0.947 bits per heavy atom. The summed E-state index contributed by atoms with van der Waals surface area (Å²) < 4.78 is 10.9. The van der Waals surface area contributed by atoms with Gasteiger partial charge in [-0.3, -0.25) is 0 Å². The number of fused-ring (bicyclic) bond motifs is 1. The lowest BCUT2D eigenvalue weighted by Gasteiger charge is -2.15. The lowest BCUT2D eigenvalue weighted by atomic mass is 10.0. The van der Waals surface area contributed by atoms with E-state index in [4.69, 9.17) is 9.47 Å². The first-order valence-corrected chi connectivity index (χ1v) is 6.39. The summed E-state index contributed by atoms with van der Waals surface area (Å²) in [7, 11) is 3.42. The highest BCUT2D eigenvalue weighted by molar-refractivity contribution is 5.64. The summed E-state index contributed by atoms with van der Waals surface area (Å²) in [5, 5.41) is 3.54. The zero-order valence-corrected chi connectivity index (χ0v) is 11.1. The molecule has 0 aromatic heterocycles. The molecule has 2 aromatic rings. The van der Waals surface area contributed by atoms with E-state index in [1.807, 2.05) is 30.3 Å². The highest BCUT2D eigenvalue weighted by Crippen LogP contribution is 2.41. The molecule has 0 amide bonds. The largest absolute Gasteiger partial charge is 0.496 e. The minimum absolute atomic E-state index is 0.238. The topological polar surface area (TPSA) is 30.5 Å². The van der Waals surface area contributed by atoms with Gasteiger partial charge in [0.15, 0.2) is 0 Å². The first kappa shape index (κ1) is 11.9. The Hall–Kier alpha value is -2.16.